The molecule has 1 aliphatic rings. The number of thiocarbonyl (C=S) groups is 1. The molecular weight excluding hydrogens is 294 g/mol. The molecule has 1 aromatic carbocycles. The van der Waals surface area contributed by atoms with Crippen LogP contribution in [0.1, 0.15) is 5.76 Å². The lowest BCUT2D eigenvalue weighted by atomic mass is 10.2. The van der Waals surface area contributed by atoms with Crippen molar-refractivity contribution in [3.05, 3.63) is 53.3 Å². The van der Waals surface area contributed by atoms with E-state index in [-0.39, 0.29) is 5.11 Å². The highest BCUT2D eigenvalue weighted by Crippen LogP contribution is 2.29. The van der Waals surface area contributed by atoms with Crippen molar-refractivity contribution in [1.29, 1.82) is 0 Å². The zero-order valence-corrected chi connectivity index (χ0v) is 12.0. The minimum absolute atomic E-state index is 0.259. The number of nitrogens with zero attached hydrogens (tertiary/aromatic N) is 1. The van der Waals surface area contributed by atoms with Crippen LogP contribution < -0.4 is 11.2 Å². The molecule has 0 spiro atoms. The summed E-state index contributed by atoms with van der Waals surface area (Å²) in [5.41, 5.74) is 10.5. The summed E-state index contributed by atoms with van der Waals surface area (Å²) < 4.78 is 5.87. The summed E-state index contributed by atoms with van der Waals surface area (Å²) in [5, 5.41) is 2.57. The second-order valence-corrected chi connectivity index (χ2v) is 5.15. The highest BCUT2D eigenvalue weighted by atomic mass is 35.5. The molecule has 20 heavy (non-hydrogen) atoms. The van der Waals surface area contributed by atoms with Crippen molar-refractivity contribution in [2.45, 2.75) is 0 Å². The van der Waals surface area contributed by atoms with Crippen LogP contribution in [-0.2, 0) is 0 Å². The van der Waals surface area contributed by atoms with Crippen LogP contribution in [0.15, 0.2) is 46.9 Å². The number of hydrazine groups is 1. The third-order valence-electron chi connectivity index (χ3n) is 2.97. The first kappa shape index (κ1) is 13.2. The quantitative estimate of drug-likeness (QED) is 0.835. The lowest BCUT2D eigenvalue weighted by molar-refractivity contribution is 0.461. The molecule has 0 bridgehead atoms. The van der Waals surface area contributed by atoms with Gasteiger partial charge < -0.3 is 10.2 Å². The summed E-state index contributed by atoms with van der Waals surface area (Å²) >= 11 is 11.0. The molecule has 6 heteroatoms. The first-order valence-electron chi connectivity index (χ1n) is 6.04. The van der Waals surface area contributed by atoms with Gasteiger partial charge in [0.2, 0.25) is 0 Å². The van der Waals surface area contributed by atoms with Gasteiger partial charge >= 0.3 is 0 Å². The maximum atomic E-state index is 5.99. The van der Waals surface area contributed by atoms with E-state index in [1.54, 1.807) is 5.01 Å². The van der Waals surface area contributed by atoms with Crippen LogP contribution in [0, 0.1) is 0 Å². The molecule has 0 atom stereocenters. The van der Waals surface area contributed by atoms with Gasteiger partial charge in [-0.25, -0.2) is 10.4 Å². The summed E-state index contributed by atoms with van der Waals surface area (Å²) in [5.74, 6) is 1.45. The zero-order chi connectivity index (χ0) is 14.1. The van der Waals surface area contributed by atoms with Gasteiger partial charge in [0, 0.05) is 17.1 Å². The summed E-state index contributed by atoms with van der Waals surface area (Å²) in [4.78, 5) is 0. The van der Waals surface area contributed by atoms with Crippen molar-refractivity contribution in [1.82, 2.24) is 10.4 Å². The number of hydrogen-bond acceptors (Lipinski definition) is 3. The van der Waals surface area contributed by atoms with Gasteiger partial charge in [0.05, 0.1) is 0 Å². The topological polar surface area (TPSA) is 54.4 Å². The van der Waals surface area contributed by atoms with Crippen LogP contribution in [0.3, 0.4) is 0 Å². The number of benzene rings is 1. The number of furan rings is 1. The summed E-state index contributed by atoms with van der Waals surface area (Å²) in [7, 11) is 0. The first-order chi connectivity index (χ1) is 9.65. The number of nitrogens with one attached hydrogen (secondary N) is 1. The minimum atomic E-state index is 0.259. The summed E-state index contributed by atoms with van der Waals surface area (Å²) in [6.45, 7) is 0.667. The van der Waals surface area contributed by atoms with Crippen molar-refractivity contribution in [2.24, 2.45) is 5.73 Å². The molecule has 102 valence electrons. The molecule has 0 aliphatic carbocycles. The predicted octanol–water partition coefficient (Wildman–Crippen LogP) is 3.00. The Morgan fingerprint density at radius 3 is 2.85 bits per heavy atom. The van der Waals surface area contributed by atoms with Crippen LogP contribution in [0.25, 0.3) is 17.0 Å². The van der Waals surface area contributed by atoms with Crippen LogP contribution in [0.5, 0.6) is 0 Å². The fourth-order valence-electron chi connectivity index (χ4n) is 2.09. The van der Waals surface area contributed by atoms with Gasteiger partial charge in [-0.15, -0.1) is 0 Å². The van der Waals surface area contributed by atoms with Gasteiger partial charge in [-0.05, 0) is 42.6 Å². The standard InChI is InChI=1S/C14H12ClN3OS/c15-10-3-1-2-9(8-10)12-4-5-13(19-12)11-6-7-17-18(11)14(16)20/h1-6,8,17H,7H2,(H2,16,20). The average Bonchev–Trinajstić information content (AvgIpc) is 3.07. The van der Waals surface area contributed by atoms with E-state index in [2.05, 4.69) is 5.43 Å². The van der Waals surface area contributed by atoms with E-state index in [0.29, 0.717) is 17.3 Å². The van der Waals surface area contributed by atoms with E-state index in [1.165, 1.54) is 0 Å². The third-order valence-corrected chi connectivity index (χ3v) is 3.39. The van der Waals surface area contributed by atoms with Crippen LogP contribution >= 0.6 is 23.8 Å². The van der Waals surface area contributed by atoms with Gasteiger partial charge in [-0.1, -0.05) is 23.7 Å². The lowest BCUT2D eigenvalue weighted by Gasteiger charge is -2.18. The van der Waals surface area contributed by atoms with E-state index in [9.17, 15) is 0 Å². The van der Waals surface area contributed by atoms with Gasteiger partial charge in [0.25, 0.3) is 0 Å². The first-order valence-corrected chi connectivity index (χ1v) is 6.83. The van der Waals surface area contributed by atoms with E-state index < -0.39 is 0 Å². The second kappa shape index (κ2) is 5.28. The molecule has 0 unspecified atom stereocenters. The molecule has 1 aliphatic heterocycles. The molecular formula is C14H12ClN3OS. The molecule has 0 saturated carbocycles. The van der Waals surface area contributed by atoms with E-state index in [1.807, 2.05) is 42.5 Å². The number of hydrogen-bond donors (Lipinski definition) is 2. The van der Waals surface area contributed by atoms with E-state index in [4.69, 9.17) is 34.0 Å². The molecule has 0 fully saturated rings. The van der Waals surface area contributed by atoms with Crippen molar-refractivity contribution in [3.63, 3.8) is 0 Å². The average molecular weight is 306 g/mol. The highest BCUT2D eigenvalue weighted by molar-refractivity contribution is 7.80. The predicted molar refractivity (Wildman–Crippen MR) is 83.8 cm³/mol. The molecule has 3 N–H and O–H groups in total. The minimum Gasteiger partial charge on any atom is -0.454 e. The van der Waals surface area contributed by atoms with Gasteiger partial charge in [0.15, 0.2) is 10.9 Å². The number of rotatable bonds is 2. The monoisotopic (exact) mass is 305 g/mol. The Bertz CT molecular complexity index is 695. The lowest BCUT2D eigenvalue weighted by Crippen LogP contribution is -2.40. The third kappa shape index (κ3) is 2.43. The maximum absolute atomic E-state index is 5.99. The summed E-state index contributed by atoms with van der Waals surface area (Å²) in [6, 6.07) is 11.3. The number of halogens is 1. The fourth-order valence-corrected chi connectivity index (χ4v) is 2.44. The molecule has 1 aromatic heterocycles. The largest absolute Gasteiger partial charge is 0.454 e. The second-order valence-electron chi connectivity index (χ2n) is 4.30. The van der Waals surface area contributed by atoms with Crippen molar-refractivity contribution in [2.75, 3.05) is 6.54 Å². The van der Waals surface area contributed by atoms with Gasteiger partial charge in [-0.2, -0.15) is 0 Å². The Kier molecular flexibility index (Phi) is 3.48. The maximum Gasteiger partial charge on any atom is 0.185 e. The fraction of sp³-hybridized carbons (Fsp3) is 0.0714. The Morgan fingerprint density at radius 1 is 1.30 bits per heavy atom. The van der Waals surface area contributed by atoms with E-state index >= 15 is 0 Å². The van der Waals surface area contributed by atoms with E-state index in [0.717, 1.165) is 17.0 Å². The van der Waals surface area contributed by atoms with Gasteiger partial charge in [0.1, 0.15) is 11.5 Å². The Balaban J connectivity index is 1.93. The number of nitrogens with two attached hydrogens (primary N) is 1. The normalized spacial score (nSPS) is 14.4. The molecule has 2 aromatic rings. The Hall–Kier alpha value is -1.82. The van der Waals surface area contributed by atoms with Crippen molar-refractivity contribution < 1.29 is 4.42 Å². The molecule has 0 amide bonds. The Labute approximate surface area is 126 Å². The molecule has 0 radical (unpaired) electrons. The molecule has 0 saturated heterocycles. The van der Waals surface area contributed by atoms with Gasteiger partial charge in [-0.3, -0.25) is 0 Å². The highest BCUT2D eigenvalue weighted by Gasteiger charge is 2.21. The molecule has 4 nitrogen and oxygen atoms in total. The zero-order valence-electron chi connectivity index (χ0n) is 10.5. The van der Waals surface area contributed by atoms with Crippen molar-refractivity contribution >= 4 is 34.6 Å². The Morgan fingerprint density at radius 2 is 2.10 bits per heavy atom. The van der Waals surface area contributed by atoms with Crippen LogP contribution in [0.4, 0.5) is 0 Å². The summed E-state index contributed by atoms with van der Waals surface area (Å²) in [6.07, 6.45) is 1.97. The SMILES string of the molecule is NC(=S)N1NCC=C1c1ccc(-c2cccc(Cl)c2)o1. The van der Waals surface area contributed by atoms with Crippen LogP contribution in [0.2, 0.25) is 5.02 Å². The smallest absolute Gasteiger partial charge is 0.185 e. The molecule has 2 heterocycles. The molecule has 3 rings (SSSR count). The van der Waals surface area contributed by atoms with Crippen LogP contribution in [-0.4, -0.2) is 16.7 Å². The van der Waals surface area contributed by atoms with Crippen molar-refractivity contribution in [3.8, 4) is 11.3 Å².